The number of carboxylic acids is 2. The molecule has 0 radical (unpaired) electrons. The van der Waals surface area contributed by atoms with Crippen LogP contribution in [-0.2, 0) is 9.59 Å². The van der Waals surface area contributed by atoms with Crippen molar-refractivity contribution >= 4 is 35.5 Å². The van der Waals surface area contributed by atoms with E-state index in [2.05, 4.69) is 6.58 Å². The van der Waals surface area contributed by atoms with E-state index >= 15 is 0 Å². The Morgan fingerprint density at radius 2 is 1.19 bits per heavy atom. The summed E-state index contributed by atoms with van der Waals surface area (Å²) in [5.74, 6) is -1.90. The van der Waals surface area contributed by atoms with Gasteiger partial charge in [0.15, 0.2) is 0 Å². The lowest BCUT2D eigenvalue weighted by molar-refractivity contribution is -0.139. The first-order valence-electron chi connectivity index (χ1n) is 4.53. The first-order valence-corrected chi connectivity index (χ1v) is 6.16. The van der Waals surface area contributed by atoms with E-state index in [-0.39, 0.29) is 0 Å². The van der Waals surface area contributed by atoms with E-state index in [0.717, 1.165) is 23.5 Å². The average molecular weight is 264 g/mol. The highest BCUT2D eigenvalue weighted by Gasteiger charge is 2.34. The highest BCUT2D eigenvalue weighted by atomic mass is 32.2. The highest BCUT2D eigenvalue weighted by Crippen LogP contribution is 2.42. The van der Waals surface area contributed by atoms with E-state index in [9.17, 15) is 9.59 Å². The topological polar surface area (TPSA) is 74.6 Å². The van der Waals surface area contributed by atoms with Crippen LogP contribution in [0.25, 0.3) is 0 Å². The van der Waals surface area contributed by atoms with Crippen molar-refractivity contribution in [3.8, 4) is 0 Å². The Kier molecular flexibility index (Phi) is 4.94. The summed E-state index contributed by atoms with van der Waals surface area (Å²) in [7, 11) is 0. The lowest BCUT2D eigenvalue weighted by atomic mass is 10.2. The van der Waals surface area contributed by atoms with E-state index in [0.29, 0.717) is 4.24 Å². The number of hydrogen-bond acceptors (Lipinski definition) is 4. The molecule has 0 spiro atoms. The van der Waals surface area contributed by atoms with Crippen molar-refractivity contribution in [2.45, 2.75) is 37.2 Å². The Labute approximate surface area is 103 Å². The molecule has 0 aliphatic carbocycles. The zero-order chi connectivity index (χ0) is 13.1. The molecule has 0 bridgehead atoms. The predicted molar refractivity (Wildman–Crippen MR) is 67.8 cm³/mol. The maximum absolute atomic E-state index is 10.9. The van der Waals surface area contributed by atoms with Gasteiger partial charge in [0.2, 0.25) is 0 Å². The third-order valence-electron chi connectivity index (χ3n) is 1.77. The second-order valence-corrected chi connectivity index (χ2v) is 7.90. The number of carboxylic acid groups (broad SMARTS) is 2. The first kappa shape index (κ1) is 15.4. The molecular weight excluding hydrogens is 248 g/mol. The van der Waals surface area contributed by atoms with E-state index in [1.807, 2.05) is 0 Å². The molecular formula is C10H16O4S2. The van der Waals surface area contributed by atoms with Crippen LogP contribution < -0.4 is 0 Å². The van der Waals surface area contributed by atoms with Crippen LogP contribution in [0.4, 0.5) is 0 Å². The molecule has 0 heterocycles. The van der Waals surface area contributed by atoms with Gasteiger partial charge in [-0.2, -0.15) is 0 Å². The van der Waals surface area contributed by atoms with Crippen molar-refractivity contribution in [1.29, 1.82) is 0 Å². The van der Waals surface area contributed by atoms with Gasteiger partial charge in [-0.25, -0.2) is 0 Å². The second kappa shape index (κ2) is 5.14. The number of rotatable bonds is 6. The molecule has 0 amide bonds. The van der Waals surface area contributed by atoms with Crippen molar-refractivity contribution in [1.82, 2.24) is 0 Å². The van der Waals surface area contributed by atoms with Crippen LogP contribution in [0, 0.1) is 0 Å². The molecule has 0 saturated carbocycles. The molecule has 0 fully saturated rings. The smallest absolute Gasteiger partial charge is 0.319 e. The van der Waals surface area contributed by atoms with E-state index in [1.165, 1.54) is 0 Å². The fourth-order valence-corrected chi connectivity index (χ4v) is 3.41. The zero-order valence-electron chi connectivity index (χ0n) is 9.73. The lowest BCUT2D eigenvalue weighted by Gasteiger charge is -2.24. The molecule has 0 aromatic rings. The standard InChI is InChI=1S/C10H16O4S2/c1-6(15-9(2,3)7(11)12)16-10(4,5)8(13)14/h1H2,2-5H3,(H,11,12)(H,13,14). The summed E-state index contributed by atoms with van der Waals surface area (Å²) in [6, 6.07) is 0. The number of thioether (sulfide) groups is 2. The predicted octanol–water partition coefficient (Wildman–Crippen LogP) is 2.65. The largest absolute Gasteiger partial charge is 0.480 e. The van der Waals surface area contributed by atoms with E-state index in [1.54, 1.807) is 27.7 Å². The van der Waals surface area contributed by atoms with Crippen molar-refractivity contribution in [3.63, 3.8) is 0 Å². The zero-order valence-corrected chi connectivity index (χ0v) is 11.4. The molecule has 6 heteroatoms. The van der Waals surface area contributed by atoms with Gasteiger partial charge in [-0.3, -0.25) is 9.59 Å². The van der Waals surface area contributed by atoms with Crippen molar-refractivity contribution in [2.75, 3.05) is 0 Å². The van der Waals surface area contributed by atoms with Crippen LogP contribution in [0.2, 0.25) is 0 Å². The molecule has 0 rings (SSSR count). The SMILES string of the molecule is C=C(SC(C)(C)C(=O)O)SC(C)(C)C(=O)O. The quantitative estimate of drug-likeness (QED) is 0.768. The molecule has 0 aliphatic heterocycles. The normalized spacial score (nSPS) is 12.2. The summed E-state index contributed by atoms with van der Waals surface area (Å²) in [6.45, 7) is 9.91. The fourth-order valence-electron chi connectivity index (χ4n) is 0.677. The second-order valence-electron chi connectivity index (χ2n) is 4.21. The molecule has 0 aromatic carbocycles. The summed E-state index contributed by atoms with van der Waals surface area (Å²) < 4.78 is -1.52. The molecule has 0 unspecified atom stereocenters. The van der Waals surface area contributed by atoms with Gasteiger partial charge in [0.25, 0.3) is 0 Å². The van der Waals surface area contributed by atoms with Gasteiger partial charge in [0.1, 0.15) is 9.49 Å². The molecule has 0 aliphatic rings. The Hall–Kier alpha value is -0.620. The minimum atomic E-state index is -1.00. The van der Waals surface area contributed by atoms with Gasteiger partial charge in [0, 0.05) is 4.24 Å². The molecule has 16 heavy (non-hydrogen) atoms. The van der Waals surface area contributed by atoms with Crippen LogP contribution >= 0.6 is 23.5 Å². The van der Waals surface area contributed by atoms with Crippen molar-refractivity contribution in [2.24, 2.45) is 0 Å². The minimum absolute atomic E-state index is 0.486. The Morgan fingerprint density at radius 3 is 1.38 bits per heavy atom. The Bertz CT molecular complexity index is 291. The van der Waals surface area contributed by atoms with Gasteiger partial charge in [-0.15, -0.1) is 23.5 Å². The number of hydrogen-bond donors (Lipinski definition) is 2. The third kappa shape index (κ3) is 4.49. The molecule has 0 aromatic heterocycles. The summed E-state index contributed by atoms with van der Waals surface area (Å²) in [6.07, 6.45) is 0. The van der Waals surface area contributed by atoms with Crippen molar-refractivity contribution in [3.05, 3.63) is 10.8 Å². The van der Waals surface area contributed by atoms with Gasteiger partial charge in [-0.1, -0.05) is 6.58 Å². The lowest BCUT2D eigenvalue weighted by Crippen LogP contribution is -2.29. The van der Waals surface area contributed by atoms with Crippen LogP contribution in [0.15, 0.2) is 10.8 Å². The van der Waals surface area contributed by atoms with Crippen LogP contribution in [-0.4, -0.2) is 31.6 Å². The van der Waals surface area contributed by atoms with Crippen LogP contribution in [0.3, 0.4) is 0 Å². The molecule has 0 atom stereocenters. The monoisotopic (exact) mass is 264 g/mol. The molecule has 2 N–H and O–H groups in total. The van der Waals surface area contributed by atoms with Gasteiger partial charge < -0.3 is 10.2 Å². The van der Waals surface area contributed by atoms with Crippen LogP contribution in [0.1, 0.15) is 27.7 Å². The van der Waals surface area contributed by atoms with Crippen LogP contribution in [0.5, 0.6) is 0 Å². The molecule has 0 saturated heterocycles. The van der Waals surface area contributed by atoms with Crippen molar-refractivity contribution < 1.29 is 19.8 Å². The maximum Gasteiger partial charge on any atom is 0.319 e. The summed E-state index contributed by atoms with van der Waals surface area (Å²) in [5, 5.41) is 17.8. The van der Waals surface area contributed by atoms with Gasteiger partial charge in [0.05, 0.1) is 0 Å². The van der Waals surface area contributed by atoms with E-state index in [4.69, 9.17) is 10.2 Å². The minimum Gasteiger partial charge on any atom is -0.480 e. The highest BCUT2D eigenvalue weighted by molar-refractivity contribution is 8.23. The van der Waals surface area contributed by atoms with E-state index < -0.39 is 21.4 Å². The number of carbonyl (C=O) groups is 2. The van der Waals surface area contributed by atoms with Gasteiger partial charge in [-0.05, 0) is 27.7 Å². The molecule has 4 nitrogen and oxygen atoms in total. The summed E-state index contributed by atoms with van der Waals surface area (Å²) >= 11 is 2.12. The number of aliphatic carboxylic acids is 2. The first-order chi connectivity index (χ1) is 6.99. The summed E-state index contributed by atoms with van der Waals surface area (Å²) in [5.41, 5.74) is 0. The maximum atomic E-state index is 10.9. The fraction of sp³-hybridized carbons (Fsp3) is 0.600. The average Bonchev–Trinajstić information content (AvgIpc) is 2.00. The van der Waals surface area contributed by atoms with Gasteiger partial charge >= 0.3 is 11.9 Å². The Morgan fingerprint density at radius 1 is 0.938 bits per heavy atom. The third-order valence-corrected chi connectivity index (χ3v) is 4.09. The Balaban J connectivity index is 4.52. The summed E-state index contributed by atoms with van der Waals surface area (Å²) in [4.78, 5) is 21.7. The molecule has 92 valence electrons.